The number of likely N-dealkylation sites (tertiary alicyclic amines) is 1. The minimum atomic E-state index is -0.550. The molecule has 1 fully saturated rings. The second kappa shape index (κ2) is 5.70. The van der Waals surface area contributed by atoms with E-state index < -0.39 is 16.9 Å². The van der Waals surface area contributed by atoms with Crippen LogP contribution in [-0.4, -0.2) is 28.3 Å². The number of aryl methyl sites for hydroxylation is 1. The van der Waals surface area contributed by atoms with Gasteiger partial charge in [-0.15, -0.1) is 0 Å². The second-order valence-corrected chi connectivity index (χ2v) is 4.87. The monoisotopic (exact) mass is 273 g/mol. The van der Waals surface area contributed by atoms with Crippen molar-refractivity contribution >= 4 is 11.6 Å². The van der Waals surface area contributed by atoms with Gasteiger partial charge < -0.3 is 4.90 Å². The lowest BCUT2D eigenvalue weighted by atomic mass is 9.99. The van der Waals surface area contributed by atoms with Crippen LogP contribution in [0.1, 0.15) is 35.2 Å². The largest absolute Gasteiger partial charge is 0.322 e. The third-order valence-electron chi connectivity index (χ3n) is 3.57. The molecule has 1 unspecified atom stereocenters. The van der Waals surface area contributed by atoms with Crippen molar-refractivity contribution in [3.05, 3.63) is 39.4 Å². The number of nitro benzene ring substituents is 1. The molecule has 1 aliphatic heterocycles. The van der Waals surface area contributed by atoms with Crippen LogP contribution in [0.25, 0.3) is 0 Å². The average molecular weight is 273 g/mol. The SMILES string of the molecule is Cc1cccc([N+](=O)[O-])c1C(=O)N1CCCCC1C#N. The number of nitrogens with zero attached hydrogens (tertiary/aromatic N) is 3. The molecule has 2 rings (SSSR count). The van der Waals surface area contributed by atoms with Gasteiger partial charge in [0, 0.05) is 12.6 Å². The molecular formula is C14H15N3O3. The summed E-state index contributed by atoms with van der Waals surface area (Å²) in [6.45, 7) is 2.15. The minimum absolute atomic E-state index is 0.0969. The van der Waals surface area contributed by atoms with E-state index in [4.69, 9.17) is 5.26 Å². The first-order valence-electron chi connectivity index (χ1n) is 6.51. The third-order valence-corrected chi connectivity index (χ3v) is 3.57. The van der Waals surface area contributed by atoms with Crippen molar-refractivity contribution in [3.8, 4) is 6.07 Å². The normalized spacial score (nSPS) is 18.4. The molecule has 0 saturated carbocycles. The maximum absolute atomic E-state index is 12.6. The summed E-state index contributed by atoms with van der Waals surface area (Å²) >= 11 is 0. The summed E-state index contributed by atoms with van der Waals surface area (Å²) in [4.78, 5) is 24.6. The van der Waals surface area contributed by atoms with Crippen LogP contribution in [0.5, 0.6) is 0 Å². The van der Waals surface area contributed by atoms with E-state index in [-0.39, 0.29) is 11.3 Å². The first-order chi connectivity index (χ1) is 9.56. The van der Waals surface area contributed by atoms with Crippen molar-refractivity contribution < 1.29 is 9.72 Å². The first kappa shape index (κ1) is 14.0. The van der Waals surface area contributed by atoms with Crippen molar-refractivity contribution in [3.63, 3.8) is 0 Å². The van der Waals surface area contributed by atoms with Gasteiger partial charge in [-0.05, 0) is 31.7 Å². The molecule has 0 spiro atoms. The third kappa shape index (κ3) is 2.48. The molecule has 6 heteroatoms. The van der Waals surface area contributed by atoms with Crippen molar-refractivity contribution in [2.45, 2.75) is 32.2 Å². The van der Waals surface area contributed by atoms with E-state index in [0.29, 0.717) is 18.5 Å². The molecule has 1 atom stereocenters. The highest BCUT2D eigenvalue weighted by atomic mass is 16.6. The summed E-state index contributed by atoms with van der Waals surface area (Å²) in [5.41, 5.74) is 0.461. The zero-order valence-electron chi connectivity index (χ0n) is 11.2. The molecule has 104 valence electrons. The number of rotatable bonds is 2. The van der Waals surface area contributed by atoms with Gasteiger partial charge in [0.1, 0.15) is 11.6 Å². The number of amides is 1. The Labute approximate surface area is 116 Å². The van der Waals surface area contributed by atoms with Crippen molar-refractivity contribution in [1.29, 1.82) is 5.26 Å². The van der Waals surface area contributed by atoms with Crippen molar-refractivity contribution in [2.75, 3.05) is 6.54 Å². The number of nitro groups is 1. The molecule has 20 heavy (non-hydrogen) atoms. The van der Waals surface area contributed by atoms with Crippen LogP contribution in [0.15, 0.2) is 18.2 Å². The van der Waals surface area contributed by atoms with Gasteiger partial charge in [0.05, 0.1) is 11.0 Å². The van der Waals surface area contributed by atoms with Gasteiger partial charge in [-0.3, -0.25) is 14.9 Å². The Morgan fingerprint density at radius 1 is 1.50 bits per heavy atom. The summed E-state index contributed by atoms with van der Waals surface area (Å²) in [7, 11) is 0. The number of carbonyl (C=O) groups is 1. The molecule has 0 aromatic heterocycles. The molecule has 1 aromatic rings. The Morgan fingerprint density at radius 2 is 2.25 bits per heavy atom. The van der Waals surface area contributed by atoms with Crippen LogP contribution in [0.2, 0.25) is 0 Å². The quantitative estimate of drug-likeness (QED) is 0.611. The maximum atomic E-state index is 12.6. The molecule has 0 aliphatic carbocycles. The Hall–Kier alpha value is -2.42. The topological polar surface area (TPSA) is 87.2 Å². The van der Waals surface area contributed by atoms with E-state index in [1.807, 2.05) is 0 Å². The van der Waals surface area contributed by atoms with Crippen LogP contribution in [0.4, 0.5) is 5.69 Å². The van der Waals surface area contributed by atoms with Gasteiger partial charge in [0.15, 0.2) is 0 Å². The van der Waals surface area contributed by atoms with E-state index in [2.05, 4.69) is 6.07 Å². The lowest BCUT2D eigenvalue weighted by Crippen LogP contribution is -2.43. The van der Waals surface area contributed by atoms with Crippen molar-refractivity contribution in [2.24, 2.45) is 0 Å². The minimum Gasteiger partial charge on any atom is -0.322 e. The van der Waals surface area contributed by atoms with E-state index >= 15 is 0 Å². The molecule has 1 aliphatic rings. The van der Waals surface area contributed by atoms with Crippen LogP contribution >= 0.6 is 0 Å². The van der Waals surface area contributed by atoms with Crippen LogP contribution in [-0.2, 0) is 0 Å². The lowest BCUT2D eigenvalue weighted by molar-refractivity contribution is -0.385. The maximum Gasteiger partial charge on any atom is 0.282 e. The summed E-state index contributed by atoms with van der Waals surface area (Å²) < 4.78 is 0. The number of piperidine rings is 1. The first-order valence-corrected chi connectivity index (χ1v) is 6.51. The highest BCUT2D eigenvalue weighted by Crippen LogP contribution is 2.26. The number of nitriles is 1. The molecule has 6 nitrogen and oxygen atoms in total. The van der Waals surface area contributed by atoms with Crippen LogP contribution in [0, 0.1) is 28.4 Å². The van der Waals surface area contributed by atoms with Gasteiger partial charge >= 0.3 is 0 Å². The summed E-state index contributed by atoms with van der Waals surface area (Å²) in [6.07, 6.45) is 2.35. The van der Waals surface area contributed by atoms with Gasteiger partial charge in [0.2, 0.25) is 0 Å². The second-order valence-electron chi connectivity index (χ2n) is 4.87. The van der Waals surface area contributed by atoms with Gasteiger partial charge in [-0.1, -0.05) is 12.1 Å². The van der Waals surface area contributed by atoms with E-state index in [1.54, 1.807) is 19.1 Å². The molecule has 1 saturated heterocycles. The van der Waals surface area contributed by atoms with E-state index in [9.17, 15) is 14.9 Å². The molecule has 0 N–H and O–H groups in total. The Morgan fingerprint density at radius 3 is 2.90 bits per heavy atom. The van der Waals surface area contributed by atoms with E-state index in [0.717, 1.165) is 12.8 Å². The number of hydrogen-bond acceptors (Lipinski definition) is 4. The van der Waals surface area contributed by atoms with Gasteiger partial charge in [0.25, 0.3) is 11.6 Å². The zero-order valence-corrected chi connectivity index (χ0v) is 11.2. The fourth-order valence-corrected chi connectivity index (χ4v) is 2.54. The van der Waals surface area contributed by atoms with Crippen molar-refractivity contribution in [1.82, 2.24) is 4.90 Å². The summed E-state index contributed by atoms with van der Waals surface area (Å²) in [5.74, 6) is -0.416. The van der Waals surface area contributed by atoms with E-state index in [1.165, 1.54) is 11.0 Å². The fourth-order valence-electron chi connectivity index (χ4n) is 2.54. The van der Waals surface area contributed by atoms with Crippen LogP contribution in [0.3, 0.4) is 0 Å². The van der Waals surface area contributed by atoms with Gasteiger partial charge in [-0.2, -0.15) is 5.26 Å². The Bertz CT molecular complexity index is 592. The highest BCUT2D eigenvalue weighted by Gasteiger charge is 2.32. The molecule has 0 radical (unpaired) electrons. The smallest absolute Gasteiger partial charge is 0.282 e. The molecule has 1 amide bonds. The van der Waals surface area contributed by atoms with Crippen LogP contribution < -0.4 is 0 Å². The predicted octanol–water partition coefficient (Wildman–Crippen LogP) is 2.42. The molecular weight excluding hydrogens is 258 g/mol. The number of hydrogen-bond donors (Lipinski definition) is 0. The Balaban J connectivity index is 2.43. The predicted molar refractivity (Wildman–Crippen MR) is 72.1 cm³/mol. The average Bonchev–Trinajstić information content (AvgIpc) is 2.46. The summed E-state index contributed by atoms with van der Waals surface area (Å²) in [5, 5.41) is 20.2. The number of benzene rings is 1. The fraction of sp³-hybridized carbons (Fsp3) is 0.429. The number of carbonyl (C=O) groups excluding carboxylic acids is 1. The highest BCUT2D eigenvalue weighted by molar-refractivity contribution is 6.00. The molecule has 1 heterocycles. The molecule has 0 bridgehead atoms. The Kier molecular flexibility index (Phi) is 3.99. The van der Waals surface area contributed by atoms with Gasteiger partial charge in [-0.25, -0.2) is 0 Å². The lowest BCUT2D eigenvalue weighted by Gasteiger charge is -2.31. The summed E-state index contributed by atoms with van der Waals surface area (Å²) in [6, 6.07) is 6.17. The molecule has 1 aromatic carbocycles. The standard InChI is InChI=1S/C14H15N3O3/c1-10-5-4-7-12(17(19)20)13(10)14(18)16-8-3-2-6-11(16)9-15/h4-5,7,11H,2-3,6,8H2,1H3. The zero-order chi connectivity index (χ0) is 14.7.